The molecule has 18 heavy (non-hydrogen) atoms. The molecule has 0 bridgehead atoms. The van der Waals surface area contributed by atoms with Gasteiger partial charge in [-0.05, 0) is 13.8 Å². The number of methoxy groups -OCH3 is 1. The lowest BCUT2D eigenvalue weighted by molar-refractivity contribution is -0.148. The first-order valence-corrected chi connectivity index (χ1v) is 5.75. The summed E-state index contributed by atoms with van der Waals surface area (Å²) in [4.78, 5) is 24.7. The van der Waals surface area contributed by atoms with Gasteiger partial charge in [0, 0.05) is 18.7 Å². The van der Waals surface area contributed by atoms with Gasteiger partial charge in [0.05, 0.1) is 19.9 Å². The van der Waals surface area contributed by atoms with Crippen LogP contribution in [0.15, 0.2) is 12.4 Å². The third-order valence-electron chi connectivity index (χ3n) is 2.50. The Bertz CT molecular complexity index is 389. The summed E-state index contributed by atoms with van der Waals surface area (Å²) in [5, 5.41) is 7.43. The molecule has 1 rings (SSSR count). The highest BCUT2D eigenvalue weighted by molar-refractivity contribution is 5.82. The zero-order chi connectivity index (χ0) is 13.5. The molecule has 0 spiro atoms. The standard InChI is InChI=1S/C11H18N4O3/c1-9(2)15(8-11(17)18-3)10(16)4-6-14-7-5-12-13-14/h5,7,9H,4,6,8H2,1-3H3. The minimum Gasteiger partial charge on any atom is -0.468 e. The van der Waals surface area contributed by atoms with E-state index in [0.717, 1.165) is 0 Å². The Morgan fingerprint density at radius 1 is 1.44 bits per heavy atom. The van der Waals surface area contributed by atoms with Crippen molar-refractivity contribution in [1.29, 1.82) is 0 Å². The van der Waals surface area contributed by atoms with Gasteiger partial charge in [0.25, 0.3) is 0 Å². The number of aromatic nitrogens is 3. The van der Waals surface area contributed by atoms with Gasteiger partial charge in [-0.15, -0.1) is 5.10 Å². The first-order valence-electron chi connectivity index (χ1n) is 5.75. The summed E-state index contributed by atoms with van der Waals surface area (Å²) in [6, 6.07) is -0.0488. The summed E-state index contributed by atoms with van der Waals surface area (Å²) in [7, 11) is 1.31. The third-order valence-corrected chi connectivity index (χ3v) is 2.50. The molecule has 1 amide bonds. The van der Waals surface area contributed by atoms with Gasteiger partial charge in [-0.3, -0.25) is 14.3 Å². The molecule has 7 nitrogen and oxygen atoms in total. The molecule has 100 valence electrons. The van der Waals surface area contributed by atoms with Crippen LogP contribution < -0.4 is 0 Å². The Hall–Kier alpha value is -1.92. The number of rotatable bonds is 6. The highest BCUT2D eigenvalue weighted by Crippen LogP contribution is 2.03. The fraction of sp³-hybridized carbons (Fsp3) is 0.636. The summed E-state index contributed by atoms with van der Waals surface area (Å²) in [6.07, 6.45) is 3.52. The summed E-state index contributed by atoms with van der Waals surface area (Å²) in [5.74, 6) is -0.524. The Morgan fingerprint density at radius 2 is 2.17 bits per heavy atom. The summed E-state index contributed by atoms with van der Waals surface area (Å²) < 4.78 is 6.15. The number of amides is 1. The number of carbonyl (C=O) groups excluding carboxylic acids is 2. The zero-order valence-corrected chi connectivity index (χ0v) is 10.9. The Morgan fingerprint density at radius 3 is 2.67 bits per heavy atom. The maximum absolute atomic E-state index is 12.0. The van der Waals surface area contributed by atoms with E-state index >= 15 is 0 Å². The van der Waals surface area contributed by atoms with Gasteiger partial charge in [-0.25, -0.2) is 0 Å². The molecule has 0 aliphatic carbocycles. The smallest absolute Gasteiger partial charge is 0.325 e. The average molecular weight is 254 g/mol. The lowest BCUT2D eigenvalue weighted by Crippen LogP contribution is -2.41. The van der Waals surface area contributed by atoms with Gasteiger partial charge >= 0.3 is 5.97 Å². The molecule has 0 unspecified atom stereocenters. The molecule has 7 heteroatoms. The number of carbonyl (C=O) groups is 2. The molecule has 0 aliphatic rings. The number of hydrogen-bond donors (Lipinski definition) is 0. The predicted octanol–water partition coefficient (Wildman–Crippen LogP) is 0.0782. The zero-order valence-electron chi connectivity index (χ0n) is 10.9. The predicted molar refractivity (Wildman–Crippen MR) is 63.5 cm³/mol. The van der Waals surface area contributed by atoms with Crippen molar-refractivity contribution < 1.29 is 14.3 Å². The van der Waals surface area contributed by atoms with Crippen LogP contribution >= 0.6 is 0 Å². The summed E-state index contributed by atoms with van der Waals surface area (Å²) >= 11 is 0. The topological polar surface area (TPSA) is 77.3 Å². The number of nitrogens with zero attached hydrogens (tertiary/aromatic N) is 4. The monoisotopic (exact) mass is 254 g/mol. The van der Waals surface area contributed by atoms with Crippen molar-refractivity contribution in [1.82, 2.24) is 19.9 Å². The van der Waals surface area contributed by atoms with Crippen LogP contribution in [0.25, 0.3) is 0 Å². The highest BCUT2D eigenvalue weighted by atomic mass is 16.5. The van der Waals surface area contributed by atoms with Crippen molar-refractivity contribution in [2.45, 2.75) is 32.9 Å². The average Bonchev–Trinajstić information content (AvgIpc) is 2.85. The minimum atomic E-state index is -0.419. The van der Waals surface area contributed by atoms with Crippen LogP contribution in [0.3, 0.4) is 0 Å². The molecule has 0 aromatic carbocycles. The molecule has 0 aliphatic heterocycles. The molecule has 0 fully saturated rings. The third kappa shape index (κ3) is 4.15. The van der Waals surface area contributed by atoms with Crippen molar-refractivity contribution in [3.05, 3.63) is 12.4 Å². The van der Waals surface area contributed by atoms with Crippen molar-refractivity contribution in [2.24, 2.45) is 0 Å². The molecule has 0 saturated heterocycles. The molecule has 0 radical (unpaired) electrons. The lowest BCUT2D eigenvalue weighted by Gasteiger charge is -2.25. The number of aryl methyl sites for hydroxylation is 1. The molecular formula is C11H18N4O3. The van der Waals surface area contributed by atoms with Crippen LogP contribution in [-0.2, 0) is 20.9 Å². The summed E-state index contributed by atoms with van der Waals surface area (Å²) in [6.45, 7) is 4.14. The van der Waals surface area contributed by atoms with Gasteiger partial charge in [-0.2, -0.15) is 0 Å². The van der Waals surface area contributed by atoms with Gasteiger partial charge in [0.2, 0.25) is 5.91 Å². The fourth-order valence-electron chi connectivity index (χ4n) is 1.47. The Labute approximate surface area is 106 Å². The van der Waals surface area contributed by atoms with Gasteiger partial charge < -0.3 is 9.64 Å². The van der Waals surface area contributed by atoms with Crippen molar-refractivity contribution in [3.63, 3.8) is 0 Å². The first-order chi connectivity index (χ1) is 8.54. The Kier molecular flexibility index (Phi) is 5.29. The van der Waals surface area contributed by atoms with Crippen LogP contribution in [0.2, 0.25) is 0 Å². The van der Waals surface area contributed by atoms with Crippen LogP contribution in [0.4, 0.5) is 0 Å². The van der Waals surface area contributed by atoms with Gasteiger partial charge in [-0.1, -0.05) is 5.21 Å². The van der Waals surface area contributed by atoms with Crippen LogP contribution in [0, 0.1) is 0 Å². The molecule has 0 saturated carbocycles. The first kappa shape index (κ1) is 14.1. The Balaban J connectivity index is 2.51. The van der Waals surface area contributed by atoms with E-state index in [4.69, 9.17) is 0 Å². The van der Waals surface area contributed by atoms with Crippen molar-refractivity contribution in [3.8, 4) is 0 Å². The molecule has 1 aromatic heterocycles. The molecule has 0 atom stereocenters. The number of ether oxygens (including phenoxy) is 1. The summed E-state index contributed by atoms with van der Waals surface area (Å²) in [5.41, 5.74) is 0. The largest absolute Gasteiger partial charge is 0.468 e. The van der Waals surface area contributed by atoms with E-state index in [2.05, 4.69) is 15.0 Å². The van der Waals surface area contributed by atoms with E-state index in [0.29, 0.717) is 6.54 Å². The quantitative estimate of drug-likeness (QED) is 0.672. The van der Waals surface area contributed by atoms with Gasteiger partial charge in [0.15, 0.2) is 0 Å². The normalized spacial score (nSPS) is 10.4. The van der Waals surface area contributed by atoms with Gasteiger partial charge in [0.1, 0.15) is 6.54 Å². The maximum atomic E-state index is 12.0. The lowest BCUT2D eigenvalue weighted by atomic mass is 10.2. The molecule has 1 heterocycles. The van der Waals surface area contributed by atoms with Crippen molar-refractivity contribution >= 4 is 11.9 Å². The van der Waals surface area contributed by atoms with Crippen LogP contribution in [0.5, 0.6) is 0 Å². The molecule has 0 N–H and O–H groups in total. The molecular weight excluding hydrogens is 236 g/mol. The van der Waals surface area contributed by atoms with E-state index in [1.54, 1.807) is 17.1 Å². The van der Waals surface area contributed by atoms with E-state index in [9.17, 15) is 9.59 Å². The highest BCUT2D eigenvalue weighted by Gasteiger charge is 2.20. The van der Waals surface area contributed by atoms with E-state index < -0.39 is 5.97 Å². The van der Waals surface area contributed by atoms with E-state index in [-0.39, 0.29) is 24.9 Å². The van der Waals surface area contributed by atoms with Crippen LogP contribution in [0.1, 0.15) is 20.3 Å². The van der Waals surface area contributed by atoms with E-state index in [1.165, 1.54) is 12.0 Å². The minimum absolute atomic E-state index is 0.0235. The van der Waals surface area contributed by atoms with Crippen molar-refractivity contribution in [2.75, 3.05) is 13.7 Å². The molecule has 1 aromatic rings. The fourth-order valence-corrected chi connectivity index (χ4v) is 1.47. The number of hydrogen-bond acceptors (Lipinski definition) is 5. The SMILES string of the molecule is COC(=O)CN(C(=O)CCn1ccnn1)C(C)C. The second-order valence-electron chi connectivity index (χ2n) is 4.11. The van der Waals surface area contributed by atoms with Crippen LogP contribution in [-0.4, -0.2) is 51.5 Å². The second-order valence-corrected chi connectivity index (χ2v) is 4.11. The number of esters is 1. The second kappa shape index (κ2) is 6.73. The van der Waals surface area contributed by atoms with E-state index in [1.807, 2.05) is 13.8 Å². The maximum Gasteiger partial charge on any atom is 0.325 e.